The van der Waals surface area contributed by atoms with Gasteiger partial charge in [-0.2, -0.15) is 0 Å². The van der Waals surface area contributed by atoms with Crippen LogP contribution < -0.4 is 19.9 Å². The first-order valence-electron chi connectivity index (χ1n) is 13.8. The summed E-state index contributed by atoms with van der Waals surface area (Å²) in [6.07, 6.45) is 3.52. The molecule has 218 valence electrons. The van der Waals surface area contributed by atoms with E-state index in [1.165, 1.54) is 0 Å². The molecule has 1 fully saturated rings. The molecule has 4 heterocycles. The van der Waals surface area contributed by atoms with Crippen molar-refractivity contribution in [3.8, 4) is 5.88 Å². The number of amides is 1. The lowest BCUT2D eigenvalue weighted by molar-refractivity contribution is 0.122. The van der Waals surface area contributed by atoms with Crippen molar-refractivity contribution in [1.82, 2.24) is 15.0 Å². The molecule has 3 aromatic rings. The first-order valence-corrected chi connectivity index (χ1v) is 15.4. The molecule has 0 spiro atoms. The van der Waals surface area contributed by atoms with Crippen LogP contribution in [0, 0.1) is 0 Å². The largest absolute Gasteiger partial charge is 0.481 e. The number of hydrogen-bond donors (Lipinski definition) is 1. The highest BCUT2D eigenvalue weighted by Gasteiger charge is 2.38. The minimum atomic E-state index is -0.375. The fourth-order valence-corrected chi connectivity index (χ4v) is 6.75. The summed E-state index contributed by atoms with van der Waals surface area (Å²) < 4.78 is 18.4. The summed E-state index contributed by atoms with van der Waals surface area (Å²) >= 11 is 7.22. The van der Waals surface area contributed by atoms with Crippen LogP contribution in [-0.4, -0.2) is 67.1 Å². The van der Waals surface area contributed by atoms with Crippen molar-refractivity contribution in [2.45, 2.75) is 45.2 Å². The van der Waals surface area contributed by atoms with Gasteiger partial charge in [0, 0.05) is 40.6 Å². The molecule has 41 heavy (non-hydrogen) atoms. The Morgan fingerprint density at radius 2 is 1.85 bits per heavy atom. The van der Waals surface area contributed by atoms with Gasteiger partial charge in [0.15, 0.2) is 0 Å². The van der Waals surface area contributed by atoms with Gasteiger partial charge in [0.1, 0.15) is 0 Å². The predicted molar refractivity (Wildman–Crippen MR) is 165 cm³/mol. The molecule has 2 aliphatic rings. The molecule has 1 amide bonds. The average molecular weight is 690 g/mol. The number of hydrogen-bond acceptors (Lipinski definition) is 9. The number of halogens is 2. The monoisotopic (exact) mass is 688 g/mol. The van der Waals surface area contributed by atoms with E-state index >= 15 is 0 Å². The fraction of sp³-hybridized carbons (Fsp3) is 0.448. The molecule has 0 saturated carbocycles. The number of pyridine rings is 1. The molecule has 12 heteroatoms. The molecule has 5 rings (SSSR count). The molecule has 0 bridgehead atoms. The summed E-state index contributed by atoms with van der Waals surface area (Å²) in [4.78, 5) is 31.5. The van der Waals surface area contributed by atoms with Crippen molar-refractivity contribution in [1.29, 1.82) is 0 Å². The lowest BCUT2D eigenvalue weighted by atomic mass is 9.93. The number of morpholine rings is 1. The van der Waals surface area contributed by atoms with Gasteiger partial charge in [0.2, 0.25) is 11.8 Å². The third kappa shape index (κ3) is 6.76. The number of nitrogens with one attached hydrogen (secondary N) is 1. The SMILES string of the molecule is CCOC(=O)N1c2ccc(OC)nc2[C@@H](Nc2ncc(N3CCOCC3)c(Cc3cc(Br)cc(Br)c3)n2)C[C@H]1CC. The summed E-state index contributed by atoms with van der Waals surface area (Å²) in [5.41, 5.74) is 4.43. The standard InChI is InChI=1S/C29H34Br2N6O4/c1-4-21-16-23(27-24(6-7-26(35-27)39-3)37(21)29(38)41-5-2)34-28-32-17-25(36-8-10-40-11-9-36)22(33-28)14-18-12-19(30)15-20(31)13-18/h6-7,12-13,15,17,21,23H,4-5,8-11,14,16H2,1-3H3,(H,32,33,34)/t21-,23+/m1/s1. The number of ether oxygens (including phenoxy) is 3. The summed E-state index contributed by atoms with van der Waals surface area (Å²) in [6.45, 7) is 7.08. The van der Waals surface area contributed by atoms with Gasteiger partial charge in [-0.15, -0.1) is 0 Å². The second kappa shape index (κ2) is 13.3. The van der Waals surface area contributed by atoms with E-state index in [1.54, 1.807) is 18.1 Å². The highest BCUT2D eigenvalue weighted by molar-refractivity contribution is 9.11. The van der Waals surface area contributed by atoms with Gasteiger partial charge in [-0.05, 0) is 49.6 Å². The van der Waals surface area contributed by atoms with Crippen molar-refractivity contribution in [3.63, 3.8) is 0 Å². The predicted octanol–water partition coefficient (Wildman–Crippen LogP) is 6.13. The zero-order valence-corrected chi connectivity index (χ0v) is 26.6. The van der Waals surface area contributed by atoms with E-state index in [0.29, 0.717) is 55.9 Å². The summed E-state index contributed by atoms with van der Waals surface area (Å²) in [7, 11) is 1.58. The van der Waals surface area contributed by atoms with Gasteiger partial charge >= 0.3 is 6.09 Å². The first-order chi connectivity index (χ1) is 19.9. The minimum Gasteiger partial charge on any atom is -0.481 e. The zero-order valence-electron chi connectivity index (χ0n) is 23.4. The molecule has 2 atom stereocenters. The summed E-state index contributed by atoms with van der Waals surface area (Å²) in [5.74, 6) is 0.977. The smallest absolute Gasteiger partial charge is 0.414 e. The van der Waals surface area contributed by atoms with Crippen LogP contribution in [0.2, 0.25) is 0 Å². The highest BCUT2D eigenvalue weighted by Crippen LogP contribution is 2.40. The summed E-state index contributed by atoms with van der Waals surface area (Å²) in [6, 6.07) is 9.54. The number of carbonyl (C=O) groups excluding carboxylic acids is 1. The van der Waals surface area contributed by atoms with Crippen molar-refractivity contribution in [2.24, 2.45) is 0 Å². The van der Waals surface area contributed by atoms with Crippen LogP contribution in [-0.2, 0) is 15.9 Å². The quantitative estimate of drug-likeness (QED) is 0.299. The Kier molecular flexibility index (Phi) is 9.61. The van der Waals surface area contributed by atoms with Crippen molar-refractivity contribution >= 4 is 55.3 Å². The molecule has 10 nitrogen and oxygen atoms in total. The molecular weight excluding hydrogens is 656 g/mol. The van der Waals surface area contributed by atoms with Crippen LogP contribution in [0.5, 0.6) is 5.88 Å². The van der Waals surface area contributed by atoms with Crippen molar-refractivity contribution in [3.05, 3.63) is 62.4 Å². The van der Waals surface area contributed by atoms with Gasteiger partial charge in [0.05, 0.1) is 61.9 Å². The number of fused-ring (bicyclic) bond motifs is 1. The molecule has 1 saturated heterocycles. The first kappa shape index (κ1) is 29.5. The van der Waals surface area contributed by atoms with Gasteiger partial charge < -0.3 is 24.4 Å². The molecule has 0 aliphatic carbocycles. The second-order valence-corrected chi connectivity index (χ2v) is 11.7. The van der Waals surface area contributed by atoms with E-state index in [1.807, 2.05) is 25.3 Å². The van der Waals surface area contributed by atoms with E-state index in [4.69, 9.17) is 29.2 Å². The topological polar surface area (TPSA) is 102 Å². The lowest BCUT2D eigenvalue weighted by Crippen LogP contribution is -2.46. The Morgan fingerprint density at radius 3 is 2.54 bits per heavy atom. The number of aromatic nitrogens is 3. The third-order valence-corrected chi connectivity index (χ3v) is 8.19. The number of carbonyl (C=O) groups is 1. The molecule has 0 radical (unpaired) electrons. The van der Waals surface area contributed by atoms with E-state index < -0.39 is 0 Å². The van der Waals surface area contributed by atoms with E-state index in [0.717, 1.165) is 45.4 Å². The molecule has 1 aromatic carbocycles. The van der Waals surface area contributed by atoms with Crippen LogP contribution in [0.15, 0.2) is 45.5 Å². The van der Waals surface area contributed by atoms with E-state index in [9.17, 15) is 4.79 Å². The maximum atomic E-state index is 13.0. The van der Waals surface area contributed by atoms with E-state index in [2.05, 4.69) is 61.1 Å². The molecule has 2 aromatic heterocycles. The Morgan fingerprint density at radius 1 is 1.10 bits per heavy atom. The van der Waals surface area contributed by atoms with Crippen molar-refractivity contribution < 1.29 is 19.0 Å². The molecule has 1 N–H and O–H groups in total. The van der Waals surface area contributed by atoms with Crippen LogP contribution in [0.4, 0.5) is 22.1 Å². The zero-order chi connectivity index (χ0) is 28.9. The third-order valence-electron chi connectivity index (χ3n) is 7.28. The summed E-state index contributed by atoms with van der Waals surface area (Å²) in [5, 5.41) is 3.54. The van der Waals surface area contributed by atoms with Crippen LogP contribution in [0.3, 0.4) is 0 Å². The number of rotatable bonds is 8. The van der Waals surface area contributed by atoms with Crippen LogP contribution in [0.1, 0.15) is 49.7 Å². The molecular formula is C29H34Br2N6O4. The fourth-order valence-electron chi connectivity index (χ4n) is 5.37. The second-order valence-electron chi connectivity index (χ2n) is 9.90. The highest BCUT2D eigenvalue weighted by atomic mass is 79.9. The molecule has 0 unspecified atom stereocenters. The van der Waals surface area contributed by atoms with Gasteiger partial charge in [0.25, 0.3) is 0 Å². The maximum Gasteiger partial charge on any atom is 0.414 e. The average Bonchev–Trinajstić information content (AvgIpc) is 2.97. The van der Waals surface area contributed by atoms with Gasteiger partial charge in [-0.25, -0.2) is 19.7 Å². The van der Waals surface area contributed by atoms with Gasteiger partial charge in [-0.3, -0.25) is 4.90 Å². The Balaban J connectivity index is 1.51. The normalized spacial score (nSPS) is 18.6. The van der Waals surface area contributed by atoms with E-state index in [-0.39, 0.29) is 18.2 Å². The molecule has 2 aliphatic heterocycles. The van der Waals surface area contributed by atoms with Crippen molar-refractivity contribution in [2.75, 3.05) is 55.1 Å². The Hall–Kier alpha value is -2.96. The number of benzene rings is 1. The van der Waals surface area contributed by atoms with Crippen LogP contribution >= 0.6 is 31.9 Å². The lowest BCUT2D eigenvalue weighted by Gasteiger charge is -2.39. The Bertz CT molecular complexity index is 1370. The maximum absolute atomic E-state index is 13.0. The number of nitrogens with zero attached hydrogens (tertiary/aromatic N) is 5. The number of methoxy groups -OCH3 is 1. The van der Waals surface area contributed by atoms with Crippen LogP contribution in [0.25, 0.3) is 0 Å². The minimum absolute atomic E-state index is 0.0830. The Labute approximate surface area is 257 Å². The number of anilines is 3. The van der Waals surface area contributed by atoms with Gasteiger partial charge in [-0.1, -0.05) is 38.8 Å².